The minimum atomic E-state index is 0.115. The molecule has 2 aromatic rings. The molecule has 4 nitrogen and oxygen atoms in total. The van der Waals surface area contributed by atoms with Crippen LogP contribution in [0.25, 0.3) is 0 Å². The number of aromatic nitrogens is 1. The van der Waals surface area contributed by atoms with Crippen LogP contribution in [0.15, 0.2) is 36.4 Å². The molecule has 20 heavy (non-hydrogen) atoms. The number of hydrogen-bond donors (Lipinski definition) is 2. The molecule has 0 radical (unpaired) electrons. The van der Waals surface area contributed by atoms with Gasteiger partial charge in [-0.3, -0.25) is 4.98 Å². The van der Waals surface area contributed by atoms with E-state index in [1.54, 1.807) is 24.3 Å². The summed E-state index contributed by atoms with van der Waals surface area (Å²) in [6, 6.07) is 13.1. The first-order chi connectivity index (χ1) is 9.60. The van der Waals surface area contributed by atoms with Crippen molar-refractivity contribution in [2.75, 3.05) is 0 Å². The Morgan fingerprint density at radius 2 is 1.95 bits per heavy atom. The van der Waals surface area contributed by atoms with Crippen molar-refractivity contribution >= 4 is 0 Å². The van der Waals surface area contributed by atoms with Crippen LogP contribution in [0, 0.1) is 18.3 Å². The van der Waals surface area contributed by atoms with Crippen molar-refractivity contribution in [2.24, 2.45) is 0 Å². The number of nitrogens with zero attached hydrogens (tertiary/aromatic N) is 2. The van der Waals surface area contributed by atoms with Gasteiger partial charge in [0.15, 0.2) is 0 Å². The van der Waals surface area contributed by atoms with Crippen LogP contribution in [0.5, 0.6) is 5.75 Å². The number of hydrogen-bond acceptors (Lipinski definition) is 4. The Bertz CT molecular complexity index is 629. The van der Waals surface area contributed by atoms with E-state index in [-0.39, 0.29) is 11.8 Å². The highest BCUT2D eigenvalue weighted by Gasteiger charge is 2.08. The van der Waals surface area contributed by atoms with Crippen LogP contribution in [0.2, 0.25) is 0 Å². The summed E-state index contributed by atoms with van der Waals surface area (Å²) in [5.74, 6) is 0.204. The predicted molar refractivity (Wildman–Crippen MR) is 77.1 cm³/mol. The van der Waals surface area contributed by atoms with E-state index < -0.39 is 0 Å². The third-order valence-corrected chi connectivity index (χ3v) is 3.20. The van der Waals surface area contributed by atoms with Crippen molar-refractivity contribution in [2.45, 2.75) is 26.4 Å². The Kier molecular flexibility index (Phi) is 4.34. The standard InChI is InChI=1S/C16H17N3O/c1-11-3-8-16(20)15(19-11)10-18-12(2)14-6-4-13(9-17)5-7-14/h3-8,12,18,20H,10H2,1-2H3. The molecule has 1 heterocycles. The monoisotopic (exact) mass is 267 g/mol. The number of aromatic hydroxyl groups is 1. The van der Waals surface area contributed by atoms with E-state index in [1.165, 1.54) is 0 Å². The molecule has 1 aromatic carbocycles. The third kappa shape index (κ3) is 3.34. The molecule has 1 unspecified atom stereocenters. The van der Waals surface area contributed by atoms with Crippen LogP contribution in [-0.4, -0.2) is 10.1 Å². The fourth-order valence-corrected chi connectivity index (χ4v) is 1.95. The summed E-state index contributed by atoms with van der Waals surface area (Å²) in [5.41, 5.74) is 3.27. The lowest BCUT2D eigenvalue weighted by Gasteiger charge is -2.14. The van der Waals surface area contributed by atoms with Crippen molar-refractivity contribution in [3.8, 4) is 11.8 Å². The van der Waals surface area contributed by atoms with E-state index in [2.05, 4.69) is 16.4 Å². The molecule has 0 aliphatic heterocycles. The number of aryl methyl sites for hydroxylation is 1. The number of benzene rings is 1. The quantitative estimate of drug-likeness (QED) is 0.893. The molecule has 0 aliphatic carbocycles. The van der Waals surface area contributed by atoms with Gasteiger partial charge in [-0.05, 0) is 43.7 Å². The molecule has 2 N–H and O–H groups in total. The summed E-state index contributed by atoms with van der Waals surface area (Å²) in [4.78, 5) is 4.31. The van der Waals surface area contributed by atoms with Crippen LogP contribution in [0.3, 0.4) is 0 Å². The molecule has 2 rings (SSSR count). The van der Waals surface area contributed by atoms with Crippen molar-refractivity contribution < 1.29 is 5.11 Å². The van der Waals surface area contributed by atoms with E-state index in [0.717, 1.165) is 11.3 Å². The van der Waals surface area contributed by atoms with Gasteiger partial charge in [0.25, 0.3) is 0 Å². The highest BCUT2D eigenvalue weighted by atomic mass is 16.3. The van der Waals surface area contributed by atoms with Gasteiger partial charge in [0.2, 0.25) is 0 Å². The van der Waals surface area contributed by atoms with E-state index in [4.69, 9.17) is 5.26 Å². The third-order valence-electron chi connectivity index (χ3n) is 3.20. The maximum atomic E-state index is 9.75. The van der Waals surface area contributed by atoms with Crippen LogP contribution >= 0.6 is 0 Å². The predicted octanol–water partition coefficient (Wildman–Crippen LogP) is 2.82. The molecule has 0 saturated heterocycles. The van der Waals surface area contributed by atoms with Crippen LogP contribution in [0.4, 0.5) is 0 Å². The van der Waals surface area contributed by atoms with Crippen LogP contribution in [-0.2, 0) is 6.54 Å². The summed E-state index contributed by atoms with van der Waals surface area (Å²) in [6.07, 6.45) is 0. The van der Waals surface area contributed by atoms with Gasteiger partial charge in [0.1, 0.15) is 5.75 Å². The molecule has 1 aromatic heterocycles. The Balaban J connectivity index is 2.02. The average Bonchev–Trinajstić information content (AvgIpc) is 2.48. The SMILES string of the molecule is Cc1ccc(O)c(CNC(C)c2ccc(C#N)cc2)n1. The first-order valence-corrected chi connectivity index (χ1v) is 6.49. The lowest BCUT2D eigenvalue weighted by atomic mass is 10.1. The molecule has 1 atom stereocenters. The summed E-state index contributed by atoms with van der Waals surface area (Å²) in [7, 11) is 0. The van der Waals surface area contributed by atoms with Crippen LogP contribution < -0.4 is 5.32 Å². The number of nitrogens with one attached hydrogen (secondary N) is 1. The Morgan fingerprint density at radius 1 is 1.25 bits per heavy atom. The van der Waals surface area contributed by atoms with Crippen LogP contribution in [0.1, 0.15) is 35.5 Å². The number of nitriles is 1. The highest BCUT2D eigenvalue weighted by molar-refractivity contribution is 5.33. The topological polar surface area (TPSA) is 68.9 Å². The zero-order valence-electron chi connectivity index (χ0n) is 11.6. The van der Waals surface area contributed by atoms with Gasteiger partial charge in [-0.15, -0.1) is 0 Å². The molecule has 0 spiro atoms. The Morgan fingerprint density at radius 3 is 2.60 bits per heavy atom. The van der Waals surface area contributed by atoms with E-state index >= 15 is 0 Å². The van der Waals surface area contributed by atoms with Gasteiger partial charge in [0.05, 0.1) is 17.3 Å². The minimum absolute atomic E-state index is 0.115. The van der Waals surface area contributed by atoms with Gasteiger partial charge in [-0.25, -0.2) is 0 Å². The maximum absolute atomic E-state index is 9.75. The van der Waals surface area contributed by atoms with E-state index in [0.29, 0.717) is 17.8 Å². The van der Waals surface area contributed by atoms with Crippen molar-refractivity contribution in [3.63, 3.8) is 0 Å². The zero-order valence-corrected chi connectivity index (χ0v) is 11.6. The fourth-order valence-electron chi connectivity index (χ4n) is 1.95. The van der Waals surface area contributed by atoms with Crippen molar-refractivity contribution in [1.29, 1.82) is 5.26 Å². The van der Waals surface area contributed by atoms with E-state index in [9.17, 15) is 5.11 Å². The normalized spacial score (nSPS) is 11.8. The maximum Gasteiger partial charge on any atom is 0.138 e. The molecule has 102 valence electrons. The molecular weight excluding hydrogens is 250 g/mol. The second-order valence-electron chi connectivity index (χ2n) is 4.75. The first-order valence-electron chi connectivity index (χ1n) is 6.49. The molecule has 0 bridgehead atoms. The molecule has 4 heteroatoms. The first kappa shape index (κ1) is 14.0. The summed E-state index contributed by atoms with van der Waals surface area (Å²) in [5, 5.41) is 21.8. The van der Waals surface area contributed by atoms with Gasteiger partial charge >= 0.3 is 0 Å². The molecular formula is C16H17N3O. The van der Waals surface area contributed by atoms with Gasteiger partial charge in [-0.2, -0.15) is 5.26 Å². The molecule has 0 fully saturated rings. The minimum Gasteiger partial charge on any atom is -0.506 e. The van der Waals surface area contributed by atoms with Crippen molar-refractivity contribution in [1.82, 2.24) is 10.3 Å². The molecule has 0 saturated carbocycles. The highest BCUT2D eigenvalue weighted by Crippen LogP contribution is 2.17. The number of rotatable bonds is 4. The Labute approximate surface area is 118 Å². The van der Waals surface area contributed by atoms with Gasteiger partial charge < -0.3 is 10.4 Å². The lowest BCUT2D eigenvalue weighted by molar-refractivity contribution is 0.454. The average molecular weight is 267 g/mol. The van der Waals surface area contributed by atoms with E-state index in [1.807, 2.05) is 26.0 Å². The lowest BCUT2D eigenvalue weighted by Crippen LogP contribution is -2.19. The summed E-state index contributed by atoms with van der Waals surface area (Å²) < 4.78 is 0. The summed E-state index contributed by atoms with van der Waals surface area (Å²) >= 11 is 0. The van der Waals surface area contributed by atoms with Crippen molar-refractivity contribution in [3.05, 3.63) is 58.9 Å². The molecule has 0 amide bonds. The van der Waals surface area contributed by atoms with Gasteiger partial charge in [0, 0.05) is 18.3 Å². The summed E-state index contributed by atoms with van der Waals surface area (Å²) in [6.45, 7) is 4.43. The van der Waals surface area contributed by atoms with Gasteiger partial charge in [-0.1, -0.05) is 12.1 Å². The Hall–Kier alpha value is -2.38. The second kappa shape index (κ2) is 6.18. The zero-order chi connectivity index (χ0) is 14.5. The fraction of sp³-hybridized carbons (Fsp3) is 0.250. The largest absolute Gasteiger partial charge is 0.506 e. The smallest absolute Gasteiger partial charge is 0.138 e. The molecule has 0 aliphatic rings. The number of pyridine rings is 1. The second-order valence-corrected chi connectivity index (χ2v) is 4.75.